The van der Waals surface area contributed by atoms with Gasteiger partial charge in [0.25, 0.3) is 0 Å². The molecule has 0 radical (unpaired) electrons. The largest absolute Gasteiger partial charge is 0.0609 e. The van der Waals surface area contributed by atoms with Gasteiger partial charge >= 0.3 is 0 Å². The van der Waals surface area contributed by atoms with Crippen LogP contribution in [0.1, 0.15) is 11.1 Å². The van der Waals surface area contributed by atoms with Crippen molar-refractivity contribution in [1.29, 1.82) is 0 Å². The normalized spacial score (nSPS) is 10.3. The molecule has 0 unspecified atom stereocenters. The van der Waals surface area contributed by atoms with Crippen molar-refractivity contribution in [2.45, 2.75) is 6.42 Å². The van der Waals surface area contributed by atoms with Crippen LogP contribution in [0.2, 0.25) is 0 Å². The molecule has 0 fully saturated rings. The van der Waals surface area contributed by atoms with Crippen LogP contribution in [-0.2, 0) is 6.42 Å². The van der Waals surface area contributed by atoms with Gasteiger partial charge in [-0.05, 0) is 64.4 Å². The molecule has 0 aliphatic carbocycles. The lowest BCUT2D eigenvalue weighted by Crippen LogP contribution is -1.88. The molecule has 0 N–H and O–H groups in total. The molecule has 0 amide bonds. The van der Waals surface area contributed by atoms with Crippen molar-refractivity contribution in [3.05, 3.63) is 67.7 Å². The average Bonchev–Trinajstić information content (AvgIpc) is 2.22. The van der Waals surface area contributed by atoms with E-state index in [1.54, 1.807) is 0 Å². The molecular formula is C13H10BrI. The summed E-state index contributed by atoms with van der Waals surface area (Å²) in [6.45, 7) is 0. The minimum Gasteiger partial charge on any atom is -0.0609 e. The maximum atomic E-state index is 3.44. The summed E-state index contributed by atoms with van der Waals surface area (Å²) in [6, 6.07) is 17.1. The van der Waals surface area contributed by atoms with Crippen LogP contribution < -0.4 is 0 Å². The van der Waals surface area contributed by atoms with Gasteiger partial charge in [-0.2, -0.15) is 0 Å². The molecule has 2 heteroatoms. The quantitative estimate of drug-likeness (QED) is 0.673. The van der Waals surface area contributed by atoms with Crippen molar-refractivity contribution in [1.82, 2.24) is 0 Å². The van der Waals surface area contributed by atoms with Gasteiger partial charge in [0.1, 0.15) is 0 Å². The molecule has 0 nitrogen and oxygen atoms in total. The Morgan fingerprint density at radius 2 is 1.67 bits per heavy atom. The molecule has 2 aromatic carbocycles. The van der Waals surface area contributed by atoms with E-state index in [2.05, 4.69) is 87.1 Å². The van der Waals surface area contributed by atoms with E-state index >= 15 is 0 Å². The van der Waals surface area contributed by atoms with Gasteiger partial charge in [-0.3, -0.25) is 0 Å². The molecule has 0 aliphatic rings. The second kappa shape index (κ2) is 5.12. The van der Waals surface area contributed by atoms with Crippen molar-refractivity contribution in [2.24, 2.45) is 0 Å². The van der Waals surface area contributed by atoms with Crippen molar-refractivity contribution in [3.8, 4) is 0 Å². The highest BCUT2D eigenvalue weighted by Gasteiger charge is 1.96. The first-order valence-electron chi connectivity index (χ1n) is 4.73. The lowest BCUT2D eigenvalue weighted by atomic mass is 10.1. The maximum absolute atomic E-state index is 3.44. The van der Waals surface area contributed by atoms with Crippen molar-refractivity contribution < 1.29 is 0 Å². The predicted molar refractivity (Wildman–Crippen MR) is 76.1 cm³/mol. The van der Waals surface area contributed by atoms with Crippen LogP contribution in [0, 0.1) is 3.57 Å². The Kier molecular flexibility index (Phi) is 3.81. The topological polar surface area (TPSA) is 0 Å². The third-order valence-corrected chi connectivity index (χ3v) is 3.41. The van der Waals surface area contributed by atoms with Crippen LogP contribution in [0.4, 0.5) is 0 Å². The van der Waals surface area contributed by atoms with E-state index in [0.29, 0.717) is 0 Å². The predicted octanol–water partition coefficient (Wildman–Crippen LogP) is 4.64. The number of rotatable bonds is 2. The number of hydrogen-bond acceptors (Lipinski definition) is 0. The Morgan fingerprint density at radius 1 is 0.933 bits per heavy atom. The Balaban J connectivity index is 2.18. The number of benzene rings is 2. The standard InChI is InChI=1S/C13H10BrI/c14-12-6-4-10(5-7-12)8-11-2-1-3-13(15)9-11/h1-7,9H,8H2. The van der Waals surface area contributed by atoms with Crippen molar-refractivity contribution >= 4 is 38.5 Å². The van der Waals surface area contributed by atoms with Crippen LogP contribution >= 0.6 is 38.5 Å². The van der Waals surface area contributed by atoms with Crippen LogP contribution in [0.3, 0.4) is 0 Å². The van der Waals surface area contributed by atoms with E-state index < -0.39 is 0 Å². The van der Waals surface area contributed by atoms with E-state index in [1.165, 1.54) is 14.7 Å². The van der Waals surface area contributed by atoms with Gasteiger partial charge in [0.2, 0.25) is 0 Å². The summed E-state index contributed by atoms with van der Waals surface area (Å²) >= 11 is 5.79. The van der Waals surface area contributed by atoms with E-state index in [9.17, 15) is 0 Å². The van der Waals surface area contributed by atoms with Crippen molar-refractivity contribution in [2.75, 3.05) is 0 Å². The molecule has 0 saturated carbocycles. The molecule has 0 aromatic heterocycles. The highest BCUT2D eigenvalue weighted by molar-refractivity contribution is 14.1. The van der Waals surface area contributed by atoms with Gasteiger partial charge < -0.3 is 0 Å². The molecule has 76 valence electrons. The fourth-order valence-corrected chi connectivity index (χ4v) is 2.36. The van der Waals surface area contributed by atoms with Gasteiger partial charge in [0.05, 0.1) is 0 Å². The first-order chi connectivity index (χ1) is 7.24. The lowest BCUT2D eigenvalue weighted by Gasteiger charge is -2.02. The first-order valence-corrected chi connectivity index (χ1v) is 6.60. The van der Waals surface area contributed by atoms with E-state index in [4.69, 9.17) is 0 Å². The summed E-state index contributed by atoms with van der Waals surface area (Å²) in [5.41, 5.74) is 2.71. The molecular weight excluding hydrogens is 363 g/mol. The molecule has 0 atom stereocenters. The zero-order valence-electron chi connectivity index (χ0n) is 8.08. The Hall–Kier alpha value is -0.350. The molecule has 0 bridgehead atoms. The zero-order chi connectivity index (χ0) is 10.7. The smallest absolute Gasteiger partial charge is 0.0175 e. The summed E-state index contributed by atoms with van der Waals surface area (Å²) in [6.07, 6.45) is 1.00. The molecule has 15 heavy (non-hydrogen) atoms. The van der Waals surface area contributed by atoms with Crippen LogP contribution in [0.25, 0.3) is 0 Å². The highest BCUT2D eigenvalue weighted by Crippen LogP contribution is 2.15. The van der Waals surface area contributed by atoms with Gasteiger partial charge in [0, 0.05) is 8.04 Å². The van der Waals surface area contributed by atoms with Crippen molar-refractivity contribution in [3.63, 3.8) is 0 Å². The van der Waals surface area contributed by atoms with Crippen LogP contribution in [-0.4, -0.2) is 0 Å². The van der Waals surface area contributed by atoms with Gasteiger partial charge in [-0.1, -0.05) is 40.2 Å². The molecule has 0 aliphatic heterocycles. The monoisotopic (exact) mass is 372 g/mol. The van der Waals surface area contributed by atoms with E-state index in [1.807, 2.05) is 0 Å². The molecule has 0 saturated heterocycles. The SMILES string of the molecule is Brc1ccc(Cc2cccc(I)c2)cc1. The summed E-state index contributed by atoms with van der Waals surface area (Å²) in [5, 5.41) is 0. The second-order valence-electron chi connectivity index (χ2n) is 3.43. The zero-order valence-corrected chi connectivity index (χ0v) is 11.8. The molecule has 2 rings (SSSR count). The number of hydrogen-bond donors (Lipinski definition) is 0. The Bertz CT molecular complexity index is 448. The van der Waals surface area contributed by atoms with E-state index in [-0.39, 0.29) is 0 Å². The van der Waals surface area contributed by atoms with Crippen LogP contribution in [0.15, 0.2) is 53.0 Å². The Labute approximate surface area is 112 Å². The third-order valence-electron chi connectivity index (χ3n) is 2.21. The van der Waals surface area contributed by atoms with Gasteiger partial charge in [0.15, 0.2) is 0 Å². The fraction of sp³-hybridized carbons (Fsp3) is 0.0769. The van der Waals surface area contributed by atoms with E-state index in [0.717, 1.165) is 10.9 Å². The maximum Gasteiger partial charge on any atom is 0.0175 e. The third kappa shape index (κ3) is 3.31. The van der Waals surface area contributed by atoms with Gasteiger partial charge in [-0.25, -0.2) is 0 Å². The lowest BCUT2D eigenvalue weighted by molar-refractivity contribution is 1.19. The molecule has 0 spiro atoms. The molecule has 0 heterocycles. The Morgan fingerprint density at radius 3 is 2.33 bits per heavy atom. The fourth-order valence-electron chi connectivity index (χ4n) is 1.48. The molecule has 2 aromatic rings. The first kappa shape index (κ1) is 11.1. The summed E-state index contributed by atoms with van der Waals surface area (Å²) in [5.74, 6) is 0. The summed E-state index contributed by atoms with van der Waals surface area (Å²) in [4.78, 5) is 0. The minimum atomic E-state index is 1.00. The van der Waals surface area contributed by atoms with Crippen LogP contribution in [0.5, 0.6) is 0 Å². The number of halogens is 2. The average molecular weight is 373 g/mol. The second-order valence-corrected chi connectivity index (χ2v) is 5.59. The van der Waals surface area contributed by atoms with Gasteiger partial charge in [-0.15, -0.1) is 0 Å². The minimum absolute atomic E-state index is 1.00. The highest BCUT2D eigenvalue weighted by atomic mass is 127. The summed E-state index contributed by atoms with van der Waals surface area (Å²) in [7, 11) is 0. The summed E-state index contributed by atoms with van der Waals surface area (Å²) < 4.78 is 2.43.